The third kappa shape index (κ3) is 1.87. The number of nitrogens with two attached hydrogens (primary N) is 1. The molecule has 1 unspecified atom stereocenters. The zero-order chi connectivity index (χ0) is 10.8. The van der Waals surface area contributed by atoms with Crippen LogP contribution in [0.15, 0.2) is 0 Å². The second kappa shape index (κ2) is 4.25. The van der Waals surface area contributed by atoms with E-state index in [9.17, 15) is 0 Å². The summed E-state index contributed by atoms with van der Waals surface area (Å²) in [5.41, 5.74) is 8.43. The van der Waals surface area contributed by atoms with Crippen molar-refractivity contribution in [2.75, 3.05) is 5.73 Å². The average Bonchev–Trinajstić information content (AvgIpc) is 2.46. The van der Waals surface area contributed by atoms with Gasteiger partial charge in [-0.25, -0.2) is 0 Å². The van der Waals surface area contributed by atoms with E-state index in [1.807, 2.05) is 0 Å². The molecule has 84 valence electrons. The van der Waals surface area contributed by atoms with Gasteiger partial charge in [0.15, 0.2) is 0 Å². The van der Waals surface area contributed by atoms with Gasteiger partial charge in [0, 0.05) is 17.2 Å². The number of nitrogens with one attached hydrogen (secondary N) is 1. The van der Waals surface area contributed by atoms with Crippen molar-refractivity contribution in [3.8, 4) is 0 Å². The highest BCUT2D eigenvalue weighted by Crippen LogP contribution is 2.40. The third-order valence-corrected chi connectivity index (χ3v) is 3.74. The van der Waals surface area contributed by atoms with Crippen LogP contribution in [0, 0.1) is 5.92 Å². The Hall–Kier alpha value is -0.990. The first-order valence-corrected chi connectivity index (χ1v) is 6.06. The van der Waals surface area contributed by atoms with Crippen LogP contribution in [0.3, 0.4) is 0 Å². The Kier molecular flexibility index (Phi) is 2.98. The van der Waals surface area contributed by atoms with Crippen molar-refractivity contribution in [1.29, 1.82) is 0 Å². The Bertz CT molecular complexity index is 326. The number of nitrogens with zero attached hydrogens (tertiary/aromatic N) is 1. The number of hydrogen-bond donors (Lipinski definition) is 2. The summed E-state index contributed by atoms with van der Waals surface area (Å²) in [6.07, 6.45) is 6.31. The molecule has 1 saturated carbocycles. The summed E-state index contributed by atoms with van der Waals surface area (Å²) in [4.78, 5) is 0. The maximum Gasteiger partial charge on any atom is 0.148 e. The molecule has 1 atom stereocenters. The van der Waals surface area contributed by atoms with Gasteiger partial charge >= 0.3 is 0 Å². The molecule has 0 saturated heterocycles. The lowest BCUT2D eigenvalue weighted by Gasteiger charge is -2.31. The smallest absolute Gasteiger partial charge is 0.148 e. The minimum absolute atomic E-state index is 0.602. The molecule has 3 heteroatoms. The molecule has 0 amide bonds. The minimum atomic E-state index is 0.602. The molecule has 0 bridgehead atoms. The van der Waals surface area contributed by atoms with Crippen LogP contribution in [0.4, 0.5) is 5.82 Å². The second-order valence-electron chi connectivity index (χ2n) is 4.73. The Balaban J connectivity index is 2.18. The lowest BCUT2D eigenvalue weighted by atomic mass is 9.74. The van der Waals surface area contributed by atoms with Gasteiger partial charge < -0.3 is 5.73 Å². The molecule has 3 nitrogen and oxygen atoms in total. The van der Waals surface area contributed by atoms with Crippen LogP contribution in [0.5, 0.6) is 0 Å². The molecule has 0 spiro atoms. The van der Waals surface area contributed by atoms with Gasteiger partial charge in [-0.15, -0.1) is 0 Å². The molecule has 1 aliphatic carbocycles. The minimum Gasteiger partial charge on any atom is -0.382 e. The van der Waals surface area contributed by atoms with E-state index in [0.29, 0.717) is 11.7 Å². The lowest BCUT2D eigenvalue weighted by Crippen LogP contribution is -2.19. The van der Waals surface area contributed by atoms with Crippen molar-refractivity contribution in [2.45, 2.75) is 51.9 Å². The van der Waals surface area contributed by atoms with Gasteiger partial charge in [-0.2, -0.15) is 5.10 Å². The fraction of sp³-hybridized carbons (Fsp3) is 0.750. The molecular formula is C12H21N3. The Morgan fingerprint density at radius 2 is 2.27 bits per heavy atom. The molecule has 1 heterocycles. The van der Waals surface area contributed by atoms with Gasteiger partial charge in [-0.1, -0.05) is 26.7 Å². The highest BCUT2D eigenvalue weighted by Gasteiger charge is 2.28. The molecule has 1 aromatic rings. The van der Waals surface area contributed by atoms with Gasteiger partial charge in [-0.05, 0) is 25.2 Å². The Morgan fingerprint density at radius 3 is 2.80 bits per heavy atom. The normalized spacial score (nSPS) is 18.8. The van der Waals surface area contributed by atoms with Crippen LogP contribution in [0.2, 0.25) is 0 Å². The zero-order valence-corrected chi connectivity index (χ0v) is 9.71. The van der Waals surface area contributed by atoms with Crippen LogP contribution in [0.1, 0.15) is 56.7 Å². The number of nitrogen functional groups attached to an aromatic ring is 1. The van der Waals surface area contributed by atoms with E-state index in [1.165, 1.54) is 30.5 Å². The van der Waals surface area contributed by atoms with E-state index < -0.39 is 0 Å². The van der Waals surface area contributed by atoms with Gasteiger partial charge in [0.25, 0.3) is 0 Å². The monoisotopic (exact) mass is 207 g/mol. The molecule has 1 aromatic heterocycles. The van der Waals surface area contributed by atoms with Crippen LogP contribution in [-0.2, 0) is 6.42 Å². The number of hydrogen-bond acceptors (Lipinski definition) is 2. The van der Waals surface area contributed by atoms with Crippen LogP contribution < -0.4 is 5.73 Å². The summed E-state index contributed by atoms with van der Waals surface area (Å²) in [6.45, 7) is 4.49. The van der Waals surface area contributed by atoms with E-state index in [4.69, 9.17) is 5.73 Å². The summed E-state index contributed by atoms with van der Waals surface area (Å²) < 4.78 is 0. The number of rotatable bonds is 4. The van der Waals surface area contributed by atoms with Gasteiger partial charge in [0.1, 0.15) is 5.82 Å². The molecule has 15 heavy (non-hydrogen) atoms. The van der Waals surface area contributed by atoms with E-state index in [0.717, 1.165) is 18.8 Å². The topological polar surface area (TPSA) is 54.7 Å². The Labute approximate surface area is 91.4 Å². The number of aromatic amines is 1. The van der Waals surface area contributed by atoms with E-state index >= 15 is 0 Å². The quantitative estimate of drug-likeness (QED) is 0.797. The molecule has 3 N–H and O–H groups in total. The van der Waals surface area contributed by atoms with Crippen molar-refractivity contribution in [3.05, 3.63) is 11.3 Å². The summed E-state index contributed by atoms with van der Waals surface area (Å²) >= 11 is 0. The van der Waals surface area contributed by atoms with Crippen LogP contribution in [-0.4, -0.2) is 10.2 Å². The van der Waals surface area contributed by atoms with Crippen LogP contribution in [0.25, 0.3) is 0 Å². The molecule has 2 rings (SSSR count). The number of aromatic nitrogens is 2. The fourth-order valence-electron chi connectivity index (χ4n) is 2.46. The molecule has 1 aliphatic rings. The zero-order valence-electron chi connectivity index (χ0n) is 9.71. The lowest BCUT2D eigenvalue weighted by molar-refractivity contribution is 0.268. The summed E-state index contributed by atoms with van der Waals surface area (Å²) in [7, 11) is 0. The summed E-state index contributed by atoms with van der Waals surface area (Å²) in [6, 6.07) is 0. The van der Waals surface area contributed by atoms with Crippen molar-refractivity contribution in [3.63, 3.8) is 0 Å². The summed E-state index contributed by atoms with van der Waals surface area (Å²) in [5, 5.41) is 7.28. The maximum absolute atomic E-state index is 5.88. The summed E-state index contributed by atoms with van der Waals surface area (Å²) in [5.74, 6) is 2.16. The first-order valence-electron chi connectivity index (χ1n) is 6.06. The first kappa shape index (κ1) is 10.5. The Morgan fingerprint density at radius 1 is 1.53 bits per heavy atom. The van der Waals surface area contributed by atoms with Crippen molar-refractivity contribution in [2.24, 2.45) is 5.92 Å². The average molecular weight is 207 g/mol. The third-order valence-electron chi connectivity index (χ3n) is 3.74. The predicted octanol–water partition coefficient (Wildman–Crippen LogP) is 2.85. The van der Waals surface area contributed by atoms with E-state index in [2.05, 4.69) is 24.0 Å². The van der Waals surface area contributed by atoms with E-state index in [1.54, 1.807) is 0 Å². The molecule has 0 aromatic carbocycles. The van der Waals surface area contributed by atoms with Gasteiger partial charge in [0.05, 0.1) is 0 Å². The van der Waals surface area contributed by atoms with Crippen molar-refractivity contribution >= 4 is 5.82 Å². The maximum atomic E-state index is 5.88. The highest BCUT2D eigenvalue weighted by atomic mass is 15.2. The number of anilines is 1. The first-order chi connectivity index (χ1) is 7.24. The standard InChI is InChI=1S/C12H21N3/c1-3-5-10-11(14-15-12(10)13)8(2)9-6-4-7-9/h8-9H,3-7H2,1-2H3,(H3,13,14,15). The highest BCUT2D eigenvalue weighted by molar-refractivity contribution is 5.43. The molecule has 0 radical (unpaired) electrons. The van der Waals surface area contributed by atoms with Gasteiger partial charge in [-0.3, -0.25) is 5.10 Å². The van der Waals surface area contributed by atoms with Crippen molar-refractivity contribution in [1.82, 2.24) is 10.2 Å². The second-order valence-corrected chi connectivity index (χ2v) is 4.73. The SMILES string of the molecule is CCCc1c(N)n[nH]c1C(C)C1CCC1. The molecule has 1 fully saturated rings. The molecular weight excluding hydrogens is 186 g/mol. The van der Waals surface area contributed by atoms with Crippen molar-refractivity contribution < 1.29 is 0 Å². The largest absolute Gasteiger partial charge is 0.382 e. The van der Waals surface area contributed by atoms with Crippen LogP contribution >= 0.6 is 0 Å². The molecule has 0 aliphatic heterocycles. The van der Waals surface area contributed by atoms with Gasteiger partial charge in [0.2, 0.25) is 0 Å². The fourth-order valence-corrected chi connectivity index (χ4v) is 2.46. The van der Waals surface area contributed by atoms with E-state index in [-0.39, 0.29) is 0 Å². The predicted molar refractivity (Wildman–Crippen MR) is 62.8 cm³/mol. The number of H-pyrrole nitrogens is 1.